The highest BCUT2D eigenvalue weighted by atomic mass is 16.6. The van der Waals surface area contributed by atoms with Gasteiger partial charge in [0.1, 0.15) is 5.75 Å². The predicted molar refractivity (Wildman–Crippen MR) is 169 cm³/mol. The minimum absolute atomic E-state index is 0.0860. The Morgan fingerprint density at radius 3 is 2.29 bits per heavy atom. The van der Waals surface area contributed by atoms with E-state index in [-0.39, 0.29) is 12.1 Å². The van der Waals surface area contributed by atoms with Gasteiger partial charge in [-0.1, -0.05) is 18.2 Å². The zero-order chi connectivity index (χ0) is 30.7. The Labute approximate surface area is 263 Å². The van der Waals surface area contributed by atoms with Crippen LogP contribution < -0.4 is 23.7 Å². The number of benzene rings is 4. The Morgan fingerprint density at radius 1 is 0.756 bits per heavy atom. The smallest absolute Gasteiger partial charge is 0.212 e. The Morgan fingerprint density at radius 2 is 1.49 bits per heavy atom. The minimum atomic E-state index is -0.0860. The number of hydrogen-bond acceptors (Lipinski definition) is 8. The number of hydrogen-bond donors (Lipinski definition) is 0. The molecule has 2 atom stereocenters. The largest absolute Gasteiger partial charge is 0.493 e. The van der Waals surface area contributed by atoms with E-state index >= 15 is 0 Å². The van der Waals surface area contributed by atoms with Crippen LogP contribution in [0.3, 0.4) is 0 Å². The molecule has 0 saturated carbocycles. The monoisotopic (exact) mass is 601 g/mol. The lowest BCUT2D eigenvalue weighted by atomic mass is 9.86. The van der Waals surface area contributed by atoms with Crippen LogP contribution in [0.15, 0.2) is 60.7 Å². The van der Waals surface area contributed by atoms with E-state index in [1.54, 1.807) is 14.2 Å². The Balaban J connectivity index is 1.33. The summed E-state index contributed by atoms with van der Waals surface area (Å²) in [6.45, 7) is 2.03. The molecule has 228 valence electrons. The lowest BCUT2D eigenvalue weighted by Crippen LogP contribution is -2.37. The van der Waals surface area contributed by atoms with Crippen LogP contribution in [0.25, 0.3) is 0 Å². The maximum atomic E-state index is 9.79. The SMILES string of the molecule is COc1ccc2cc1Oc1ccc(cc1)C[C@H]1c3c(cc(OC)c4c3Oc3cc5c(cc3O4)CCN(C)[C@H]5C2)CCN1CC#N. The van der Waals surface area contributed by atoms with Gasteiger partial charge in [-0.05, 0) is 103 Å². The van der Waals surface area contributed by atoms with E-state index in [1.807, 2.05) is 18.2 Å². The van der Waals surface area contributed by atoms with Crippen molar-refractivity contribution in [2.75, 3.05) is 40.9 Å². The lowest BCUT2D eigenvalue weighted by Gasteiger charge is -2.39. The minimum Gasteiger partial charge on any atom is -0.493 e. The van der Waals surface area contributed by atoms with Crippen LogP contribution in [-0.4, -0.2) is 50.7 Å². The molecule has 0 aliphatic carbocycles. The van der Waals surface area contributed by atoms with Crippen molar-refractivity contribution >= 4 is 0 Å². The molecular weight excluding hydrogens is 566 g/mol. The molecule has 0 spiro atoms. The summed E-state index contributed by atoms with van der Waals surface area (Å²) < 4.78 is 31.5. The number of nitriles is 1. The zero-order valence-electron chi connectivity index (χ0n) is 25.8. The third-order valence-electron chi connectivity index (χ3n) is 9.75. The van der Waals surface area contributed by atoms with Crippen LogP contribution in [0.2, 0.25) is 0 Å². The number of rotatable bonds is 3. The second-order valence-electron chi connectivity index (χ2n) is 12.3. The van der Waals surface area contributed by atoms with Crippen LogP contribution in [-0.2, 0) is 25.7 Å². The molecule has 45 heavy (non-hydrogen) atoms. The fraction of sp³-hybridized carbons (Fsp3) is 0.324. The van der Waals surface area contributed by atoms with E-state index in [2.05, 4.69) is 65.4 Å². The fourth-order valence-electron chi connectivity index (χ4n) is 7.39. The van der Waals surface area contributed by atoms with E-state index in [4.69, 9.17) is 23.7 Å². The van der Waals surface area contributed by atoms with Gasteiger partial charge < -0.3 is 23.7 Å². The molecule has 0 radical (unpaired) electrons. The Bertz CT molecular complexity index is 1850. The van der Waals surface area contributed by atoms with Crippen molar-refractivity contribution in [3.05, 3.63) is 94.0 Å². The molecular formula is C37H35N3O5. The van der Waals surface area contributed by atoms with Gasteiger partial charge in [0.05, 0.1) is 26.8 Å². The van der Waals surface area contributed by atoms with Crippen molar-refractivity contribution < 1.29 is 23.7 Å². The highest BCUT2D eigenvalue weighted by Gasteiger charge is 2.38. The van der Waals surface area contributed by atoms with Gasteiger partial charge in [-0.3, -0.25) is 9.80 Å². The van der Waals surface area contributed by atoms with Crippen molar-refractivity contribution in [2.45, 2.75) is 37.8 Å². The van der Waals surface area contributed by atoms with Gasteiger partial charge in [0, 0.05) is 30.7 Å². The highest BCUT2D eigenvalue weighted by Crippen LogP contribution is 2.56. The van der Waals surface area contributed by atoms with Crippen LogP contribution in [0.5, 0.6) is 46.0 Å². The summed E-state index contributed by atoms with van der Waals surface area (Å²) in [5.74, 6) is 5.48. The molecule has 0 aromatic heterocycles. The van der Waals surface area contributed by atoms with E-state index in [0.717, 1.165) is 60.4 Å². The second kappa shape index (κ2) is 11.0. The maximum Gasteiger partial charge on any atom is 0.212 e. The van der Waals surface area contributed by atoms with Crippen molar-refractivity contribution in [3.8, 4) is 52.1 Å². The van der Waals surface area contributed by atoms with Crippen molar-refractivity contribution in [2.24, 2.45) is 0 Å². The number of nitrogens with zero attached hydrogens (tertiary/aromatic N) is 3. The van der Waals surface area contributed by atoms with E-state index in [0.29, 0.717) is 53.2 Å². The predicted octanol–water partition coefficient (Wildman–Crippen LogP) is 7.14. The topological polar surface area (TPSA) is 76.4 Å². The molecule has 0 N–H and O–H groups in total. The first kappa shape index (κ1) is 27.8. The molecule has 8 heteroatoms. The summed E-state index contributed by atoms with van der Waals surface area (Å²) in [5.41, 5.74) is 7.01. The van der Waals surface area contributed by atoms with Gasteiger partial charge in [0.2, 0.25) is 5.75 Å². The standard InChI is InChI=1S/C37H35N3O5/c1-39-13-10-24-19-32-33-21-27(24)28(39)17-23-6-9-30(41-2)31(18-23)43-26-7-4-22(5-8-26)16-29-35-25(11-14-40(29)15-12-38)20-34(42-3)36(44-32)37(35)45-33/h4-9,18-21,28-29H,10-11,13-17H2,1-3H3/t28-,29-/m0/s1. The zero-order valence-corrected chi connectivity index (χ0v) is 25.8. The first-order chi connectivity index (χ1) is 22.0. The highest BCUT2D eigenvalue weighted by molar-refractivity contribution is 5.67. The van der Waals surface area contributed by atoms with Gasteiger partial charge in [-0.2, -0.15) is 5.26 Å². The summed E-state index contributed by atoms with van der Waals surface area (Å²) >= 11 is 0. The van der Waals surface area contributed by atoms with Crippen molar-refractivity contribution in [1.82, 2.24) is 9.80 Å². The normalized spacial score (nSPS) is 19.8. The van der Waals surface area contributed by atoms with Crippen LogP contribution >= 0.6 is 0 Å². The van der Waals surface area contributed by atoms with Crippen LogP contribution in [0.4, 0.5) is 0 Å². The number of fused-ring (bicyclic) bond motifs is 2. The summed E-state index contributed by atoms with van der Waals surface area (Å²) in [6, 6.07) is 23.3. The average Bonchev–Trinajstić information content (AvgIpc) is 3.05. The van der Waals surface area contributed by atoms with Crippen molar-refractivity contribution in [3.63, 3.8) is 0 Å². The quantitative estimate of drug-likeness (QED) is 0.202. The van der Waals surface area contributed by atoms with Crippen molar-refractivity contribution in [1.29, 1.82) is 5.26 Å². The third-order valence-corrected chi connectivity index (χ3v) is 9.75. The molecule has 0 saturated heterocycles. The molecule has 0 unspecified atom stereocenters. The maximum absolute atomic E-state index is 9.79. The molecule has 0 amide bonds. The summed E-state index contributed by atoms with van der Waals surface area (Å²) in [6.07, 6.45) is 3.20. The van der Waals surface area contributed by atoms with E-state index < -0.39 is 0 Å². The first-order valence-corrected chi connectivity index (χ1v) is 15.5. The number of likely N-dealkylation sites (N-methyl/N-ethyl adjacent to an activating group) is 1. The van der Waals surface area contributed by atoms with Gasteiger partial charge in [0.15, 0.2) is 34.5 Å². The van der Waals surface area contributed by atoms with Gasteiger partial charge in [0.25, 0.3) is 0 Å². The molecule has 5 heterocycles. The van der Waals surface area contributed by atoms with Gasteiger partial charge in [-0.25, -0.2) is 0 Å². The molecule has 5 aliphatic rings. The lowest BCUT2D eigenvalue weighted by molar-refractivity contribution is 0.199. The molecule has 4 aromatic carbocycles. The molecule has 0 fully saturated rings. The fourth-order valence-corrected chi connectivity index (χ4v) is 7.39. The molecule has 8 nitrogen and oxygen atoms in total. The molecule has 5 aliphatic heterocycles. The third kappa shape index (κ3) is 4.75. The number of ether oxygens (including phenoxy) is 5. The molecule has 4 aromatic rings. The molecule has 9 rings (SSSR count). The first-order valence-electron chi connectivity index (χ1n) is 15.5. The average molecular weight is 602 g/mol. The van der Waals surface area contributed by atoms with E-state index in [1.165, 1.54) is 11.1 Å². The van der Waals surface area contributed by atoms with Crippen LogP contribution in [0, 0.1) is 11.3 Å². The van der Waals surface area contributed by atoms with E-state index in [9.17, 15) is 5.26 Å². The van der Waals surface area contributed by atoms with Gasteiger partial charge >= 0.3 is 0 Å². The van der Waals surface area contributed by atoms with Gasteiger partial charge in [-0.15, -0.1) is 0 Å². The summed E-state index contributed by atoms with van der Waals surface area (Å²) in [7, 11) is 5.53. The number of methoxy groups -OCH3 is 2. The van der Waals surface area contributed by atoms with Crippen LogP contribution in [0.1, 0.15) is 45.5 Å². The Hall–Kier alpha value is -4.71. The summed E-state index contributed by atoms with van der Waals surface area (Å²) in [4.78, 5) is 4.65. The summed E-state index contributed by atoms with van der Waals surface area (Å²) in [5, 5.41) is 9.79. The Kier molecular flexibility index (Phi) is 6.81. The molecule has 7 bridgehead atoms. The second-order valence-corrected chi connectivity index (χ2v) is 12.3.